The molecule has 1 aromatic heterocycles. The molecular formula is C15H16N2S. The van der Waals surface area contributed by atoms with Crippen LogP contribution in [0.1, 0.15) is 35.7 Å². The minimum atomic E-state index is 0.508. The zero-order valence-corrected chi connectivity index (χ0v) is 11.3. The Morgan fingerprint density at radius 3 is 2.94 bits per heavy atom. The van der Waals surface area contributed by atoms with E-state index in [1.807, 2.05) is 0 Å². The Hall–Kier alpha value is -1.48. The topological polar surface area (TPSA) is 38.9 Å². The van der Waals surface area contributed by atoms with Crippen molar-refractivity contribution in [2.75, 3.05) is 0 Å². The fourth-order valence-corrected chi connectivity index (χ4v) is 3.14. The molecule has 0 amide bonds. The molecule has 0 radical (unpaired) electrons. The smallest absolute Gasteiger partial charge is 0.105 e. The summed E-state index contributed by atoms with van der Waals surface area (Å²) in [7, 11) is 0. The van der Waals surface area contributed by atoms with Crippen LogP contribution in [-0.2, 0) is 19.3 Å². The lowest BCUT2D eigenvalue weighted by Crippen LogP contribution is -2.14. The Balaban J connectivity index is 2.45. The molecule has 0 aliphatic heterocycles. The first kappa shape index (κ1) is 11.6. The van der Waals surface area contributed by atoms with Gasteiger partial charge in [0.2, 0.25) is 0 Å². The fraction of sp³-hybridized carbons (Fsp3) is 0.333. The summed E-state index contributed by atoms with van der Waals surface area (Å²) in [4.78, 5) is 5.36. The van der Waals surface area contributed by atoms with Crippen molar-refractivity contribution in [3.63, 3.8) is 0 Å². The summed E-state index contributed by atoms with van der Waals surface area (Å²) in [6.07, 6.45) is 4.26. The molecule has 0 spiro atoms. The molecule has 3 rings (SSSR count). The van der Waals surface area contributed by atoms with E-state index in [1.54, 1.807) is 0 Å². The van der Waals surface area contributed by atoms with Gasteiger partial charge in [-0.2, -0.15) is 0 Å². The van der Waals surface area contributed by atoms with Gasteiger partial charge in [-0.15, -0.1) is 0 Å². The summed E-state index contributed by atoms with van der Waals surface area (Å²) in [5.41, 5.74) is 11.9. The first-order chi connectivity index (χ1) is 8.72. The van der Waals surface area contributed by atoms with Crippen LogP contribution in [0.3, 0.4) is 0 Å². The SMILES string of the molecule is CCc1cccc2c(C(N)=S)c3c(nc12)CCC3. The van der Waals surface area contributed by atoms with Gasteiger partial charge < -0.3 is 5.73 Å². The van der Waals surface area contributed by atoms with Gasteiger partial charge in [-0.05, 0) is 36.8 Å². The third-order valence-electron chi connectivity index (χ3n) is 3.75. The second kappa shape index (κ2) is 4.32. The number of thiocarbonyl (C=S) groups is 1. The summed E-state index contributed by atoms with van der Waals surface area (Å²) in [5.74, 6) is 0. The Bertz CT molecular complexity index is 646. The maximum Gasteiger partial charge on any atom is 0.105 e. The first-order valence-corrected chi connectivity index (χ1v) is 6.86. The molecule has 2 aromatic rings. The van der Waals surface area contributed by atoms with Gasteiger partial charge in [0, 0.05) is 16.6 Å². The number of pyridine rings is 1. The van der Waals surface area contributed by atoms with E-state index in [-0.39, 0.29) is 0 Å². The summed E-state index contributed by atoms with van der Waals surface area (Å²) in [5, 5.41) is 1.13. The lowest BCUT2D eigenvalue weighted by atomic mass is 9.98. The van der Waals surface area contributed by atoms with Gasteiger partial charge >= 0.3 is 0 Å². The highest BCUT2D eigenvalue weighted by atomic mass is 32.1. The maximum absolute atomic E-state index is 5.95. The van der Waals surface area contributed by atoms with Crippen molar-refractivity contribution in [3.8, 4) is 0 Å². The number of fused-ring (bicyclic) bond motifs is 2. The van der Waals surface area contributed by atoms with Gasteiger partial charge in [-0.25, -0.2) is 0 Å². The highest BCUT2D eigenvalue weighted by Crippen LogP contribution is 2.31. The maximum atomic E-state index is 5.95. The Labute approximate surface area is 112 Å². The molecular weight excluding hydrogens is 240 g/mol. The van der Waals surface area contributed by atoms with E-state index in [2.05, 4.69) is 25.1 Å². The second-order valence-corrected chi connectivity index (χ2v) is 5.24. The van der Waals surface area contributed by atoms with Gasteiger partial charge in [0.05, 0.1) is 5.52 Å². The van der Waals surface area contributed by atoms with Gasteiger partial charge in [-0.3, -0.25) is 4.98 Å². The molecule has 2 N–H and O–H groups in total. The fourth-order valence-electron chi connectivity index (χ4n) is 2.91. The normalized spacial score (nSPS) is 13.8. The molecule has 1 heterocycles. The summed E-state index contributed by atoms with van der Waals surface area (Å²) < 4.78 is 0. The standard InChI is InChI=1S/C15H16N2S/c1-2-9-5-3-7-11-13(15(16)18)10-6-4-8-12(10)17-14(9)11/h3,5,7H,2,4,6,8H2,1H3,(H2,16,18). The van der Waals surface area contributed by atoms with Crippen LogP contribution in [0.25, 0.3) is 10.9 Å². The predicted molar refractivity (Wildman–Crippen MR) is 79.0 cm³/mol. The Morgan fingerprint density at radius 1 is 1.39 bits per heavy atom. The quantitative estimate of drug-likeness (QED) is 0.840. The van der Waals surface area contributed by atoms with Gasteiger partial charge in [0.15, 0.2) is 0 Å². The van der Waals surface area contributed by atoms with Crippen LogP contribution in [0.4, 0.5) is 0 Å². The molecule has 1 aromatic carbocycles. The number of benzene rings is 1. The molecule has 0 saturated heterocycles. The number of hydrogen-bond donors (Lipinski definition) is 1. The van der Waals surface area contributed by atoms with Crippen molar-refractivity contribution in [1.29, 1.82) is 0 Å². The highest BCUT2D eigenvalue weighted by Gasteiger charge is 2.21. The summed E-state index contributed by atoms with van der Waals surface area (Å²) >= 11 is 5.26. The van der Waals surface area contributed by atoms with Crippen LogP contribution in [0, 0.1) is 0 Å². The van der Waals surface area contributed by atoms with Crippen LogP contribution < -0.4 is 5.73 Å². The van der Waals surface area contributed by atoms with Crippen LogP contribution >= 0.6 is 12.2 Å². The molecule has 0 atom stereocenters. The number of aromatic nitrogens is 1. The van der Waals surface area contributed by atoms with Crippen LogP contribution in [0.2, 0.25) is 0 Å². The number of rotatable bonds is 2. The number of nitrogens with two attached hydrogens (primary N) is 1. The molecule has 1 aliphatic carbocycles. The number of nitrogens with zero attached hydrogens (tertiary/aromatic N) is 1. The summed E-state index contributed by atoms with van der Waals surface area (Å²) in [6.45, 7) is 2.16. The van der Waals surface area contributed by atoms with Crippen LogP contribution in [0.15, 0.2) is 18.2 Å². The van der Waals surface area contributed by atoms with E-state index in [0.29, 0.717) is 4.99 Å². The molecule has 18 heavy (non-hydrogen) atoms. The average molecular weight is 256 g/mol. The molecule has 0 bridgehead atoms. The molecule has 0 fully saturated rings. The molecule has 0 saturated carbocycles. The van der Waals surface area contributed by atoms with Crippen LogP contribution in [0.5, 0.6) is 0 Å². The zero-order valence-electron chi connectivity index (χ0n) is 10.5. The molecule has 1 aliphatic rings. The summed E-state index contributed by atoms with van der Waals surface area (Å²) in [6, 6.07) is 6.31. The second-order valence-electron chi connectivity index (χ2n) is 4.80. The van der Waals surface area contributed by atoms with Gasteiger partial charge in [-0.1, -0.05) is 37.3 Å². The molecule has 92 valence electrons. The number of hydrogen-bond acceptors (Lipinski definition) is 2. The zero-order chi connectivity index (χ0) is 12.7. The van der Waals surface area contributed by atoms with Crippen LogP contribution in [-0.4, -0.2) is 9.97 Å². The first-order valence-electron chi connectivity index (χ1n) is 6.45. The third kappa shape index (κ3) is 1.62. The van der Waals surface area contributed by atoms with E-state index in [0.717, 1.165) is 42.1 Å². The average Bonchev–Trinajstić information content (AvgIpc) is 2.82. The van der Waals surface area contributed by atoms with Crippen molar-refractivity contribution in [2.24, 2.45) is 5.73 Å². The van der Waals surface area contributed by atoms with Crippen molar-refractivity contribution >= 4 is 28.1 Å². The largest absolute Gasteiger partial charge is 0.389 e. The monoisotopic (exact) mass is 256 g/mol. The van der Waals surface area contributed by atoms with Gasteiger partial charge in [0.25, 0.3) is 0 Å². The number of para-hydroxylation sites is 1. The third-order valence-corrected chi connectivity index (χ3v) is 3.96. The minimum Gasteiger partial charge on any atom is -0.389 e. The molecule has 2 nitrogen and oxygen atoms in total. The minimum absolute atomic E-state index is 0.508. The molecule has 0 unspecified atom stereocenters. The van der Waals surface area contributed by atoms with Crippen molar-refractivity contribution in [2.45, 2.75) is 32.6 Å². The van der Waals surface area contributed by atoms with Crippen molar-refractivity contribution in [3.05, 3.63) is 40.6 Å². The predicted octanol–water partition coefficient (Wildman–Crippen LogP) is 2.92. The lowest BCUT2D eigenvalue weighted by Gasteiger charge is -2.13. The van der Waals surface area contributed by atoms with E-state index in [4.69, 9.17) is 22.9 Å². The van der Waals surface area contributed by atoms with E-state index in [9.17, 15) is 0 Å². The highest BCUT2D eigenvalue weighted by molar-refractivity contribution is 7.80. The van der Waals surface area contributed by atoms with E-state index in [1.165, 1.54) is 16.8 Å². The lowest BCUT2D eigenvalue weighted by molar-refractivity contribution is 0.900. The van der Waals surface area contributed by atoms with E-state index < -0.39 is 0 Å². The number of aryl methyl sites for hydroxylation is 2. The Morgan fingerprint density at radius 2 is 2.22 bits per heavy atom. The van der Waals surface area contributed by atoms with Crippen molar-refractivity contribution in [1.82, 2.24) is 4.98 Å². The van der Waals surface area contributed by atoms with Gasteiger partial charge in [0.1, 0.15) is 4.99 Å². The molecule has 3 heteroatoms. The van der Waals surface area contributed by atoms with Crippen molar-refractivity contribution < 1.29 is 0 Å². The van der Waals surface area contributed by atoms with E-state index >= 15 is 0 Å². The Kier molecular flexibility index (Phi) is 2.78.